The predicted octanol–water partition coefficient (Wildman–Crippen LogP) is 4.04. The van der Waals surface area contributed by atoms with Crippen LogP contribution in [0.5, 0.6) is 0 Å². The topological polar surface area (TPSA) is 38.9 Å². The number of pyridine rings is 1. The Balaban J connectivity index is 2.69. The van der Waals surface area contributed by atoms with Gasteiger partial charge in [-0.3, -0.25) is 4.98 Å². The summed E-state index contributed by atoms with van der Waals surface area (Å²) in [6, 6.07) is 2.01. The SMILES string of the molecule is CC(C)CCC(N)c1ncc(Br)cc1Br. The van der Waals surface area contributed by atoms with E-state index in [1.54, 1.807) is 6.20 Å². The number of hydrogen-bond donors (Lipinski definition) is 1. The summed E-state index contributed by atoms with van der Waals surface area (Å²) in [5, 5.41) is 0. The van der Waals surface area contributed by atoms with E-state index in [9.17, 15) is 0 Å². The van der Waals surface area contributed by atoms with Gasteiger partial charge in [-0.05, 0) is 56.7 Å². The Morgan fingerprint density at radius 1 is 1.33 bits per heavy atom. The van der Waals surface area contributed by atoms with Crippen molar-refractivity contribution in [2.75, 3.05) is 0 Å². The second-order valence-electron chi connectivity index (χ2n) is 4.10. The highest BCUT2D eigenvalue weighted by atomic mass is 79.9. The van der Waals surface area contributed by atoms with Crippen molar-refractivity contribution in [3.05, 3.63) is 26.9 Å². The first-order valence-electron chi connectivity index (χ1n) is 5.07. The highest BCUT2D eigenvalue weighted by Gasteiger charge is 2.12. The van der Waals surface area contributed by atoms with Crippen molar-refractivity contribution in [3.63, 3.8) is 0 Å². The molecule has 2 N–H and O–H groups in total. The lowest BCUT2D eigenvalue weighted by Gasteiger charge is -2.14. The zero-order valence-electron chi connectivity index (χ0n) is 9.00. The van der Waals surface area contributed by atoms with Crippen molar-refractivity contribution >= 4 is 31.9 Å². The zero-order valence-corrected chi connectivity index (χ0v) is 12.2. The molecule has 1 rings (SSSR count). The van der Waals surface area contributed by atoms with Crippen LogP contribution in [0, 0.1) is 5.92 Å². The van der Waals surface area contributed by atoms with E-state index in [2.05, 4.69) is 50.7 Å². The Morgan fingerprint density at radius 2 is 2.00 bits per heavy atom. The molecule has 0 bridgehead atoms. The Hall–Kier alpha value is 0.0700. The van der Waals surface area contributed by atoms with E-state index in [-0.39, 0.29) is 6.04 Å². The summed E-state index contributed by atoms with van der Waals surface area (Å²) in [7, 11) is 0. The number of hydrogen-bond acceptors (Lipinski definition) is 2. The van der Waals surface area contributed by atoms with E-state index in [4.69, 9.17) is 5.73 Å². The van der Waals surface area contributed by atoms with E-state index < -0.39 is 0 Å². The normalized spacial score (nSPS) is 13.2. The average Bonchev–Trinajstić information content (AvgIpc) is 2.14. The molecule has 0 spiro atoms. The predicted molar refractivity (Wildman–Crippen MR) is 70.6 cm³/mol. The number of rotatable bonds is 4. The van der Waals surface area contributed by atoms with Gasteiger partial charge in [-0.15, -0.1) is 0 Å². The lowest BCUT2D eigenvalue weighted by molar-refractivity contribution is 0.500. The maximum atomic E-state index is 6.09. The van der Waals surface area contributed by atoms with Gasteiger partial charge in [0.25, 0.3) is 0 Å². The second-order valence-corrected chi connectivity index (χ2v) is 5.87. The van der Waals surface area contributed by atoms with Crippen LogP contribution >= 0.6 is 31.9 Å². The fourth-order valence-electron chi connectivity index (χ4n) is 1.35. The molecule has 0 amide bonds. The minimum Gasteiger partial charge on any atom is -0.323 e. The Kier molecular flexibility index (Phi) is 5.23. The Bertz CT molecular complexity index is 326. The minimum absolute atomic E-state index is 0.0230. The van der Waals surface area contributed by atoms with E-state index in [1.165, 1.54) is 0 Å². The molecule has 0 radical (unpaired) electrons. The average molecular weight is 336 g/mol. The number of halogens is 2. The maximum absolute atomic E-state index is 6.09. The summed E-state index contributed by atoms with van der Waals surface area (Å²) in [5.74, 6) is 0.685. The number of aromatic nitrogens is 1. The smallest absolute Gasteiger partial charge is 0.0713 e. The first-order valence-corrected chi connectivity index (χ1v) is 6.65. The number of nitrogens with zero attached hydrogens (tertiary/aromatic N) is 1. The van der Waals surface area contributed by atoms with Crippen LogP contribution in [0.25, 0.3) is 0 Å². The first-order chi connectivity index (χ1) is 7.00. The van der Waals surface area contributed by atoms with Crippen LogP contribution in [-0.4, -0.2) is 4.98 Å². The molecule has 1 heterocycles. The standard InChI is InChI=1S/C11H16Br2N2/c1-7(2)3-4-10(14)11-9(13)5-8(12)6-15-11/h5-7,10H,3-4,14H2,1-2H3. The van der Waals surface area contributed by atoms with Gasteiger partial charge >= 0.3 is 0 Å². The summed E-state index contributed by atoms with van der Waals surface area (Å²) >= 11 is 6.86. The van der Waals surface area contributed by atoms with Crippen LogP contribution in [0.2, 0.25) is 0 Å². The van der Waals surface area contributed by atoms with Crippen LogP contribution in [0.3, 0.4) is 0 Å². The highest BCUT2D eigenvalue weighted by molar-refractivity contribution is 9.11. The van der Waals surface area contributed by atoms with Crippen LogP contribution in [0.1, 0.15) is 38.4 Å². The van der Waals surface area contributed by atoms with Crippen molar-refractivity contribution in [1.29, 1.82) is 0 Å². The molecule has 1 aromatic rings. The molecule has 0 aliphatic rings. The van der Waals surface area contributed by atoms with Gasteiger partial charge in [0.15, 0.2) is 0 Å². The van der Waals surface area contributed by atoms with Gasteiger partial charge in [0.2, 0.25) is 0 Å². The molecule has 4 heteroatoms. The molecule has 0 aliphatic heterocycles. The Morgan fingerprint density at radius 3 is 2.53 bits per heavy atom. The third-order valence-electron chi connectivity index (χ3n) is 2.24. The zero-order chi connectivity index (χ0) is 11.4. The van der Waals surface area contributed by atoms with Gasteiger partial charge in [-0.2, -0.15) is 0 Å². The van der Waals surface area contributed by atoms with Crippen LogP contribution in [0.15, 0.2) is 21.2 Å². The highest BCUT2D eigenvalue weighted by Crippen LogP contribution is 2.26. The molecule has 0 fully saturated rings. The molecule has 1 unspecified atom stereocenters. The van der Waals surface area contributed by atoms with Gasteiger partial charge in [-0.25, -0.2) is 0 Å². The molecule has 0 aromatic carbocycles. The minimum atomic E-state index is 0.0230. The van der Waals surface area contributed by atoms with E-state index in [1.807, 2.05) is 6.07 Å². The van der Waals surface area contributed by atoms with Crippen LogP contribution < -0.4 is 5.73 Å². The Labute approximate surface area is 108 Å². The third kappa shape index (κ3) is 4.21. The van der Waals surface area contributed by atoms with E-state index >= 15 is 0 Å². The molecule has 2 nitrogen and oxygen atoms in total. The molecule has 84 valence electrons. The molecule has 0 aliphatic carbocycles. The van der Waals surface area contributed by atoms with Crippen molar-refractivity contribution in [2.45, 2.75) is 32.7 Å². The molecule has 0 saturated heterocycles. The molecule has 1 atom stereocenters. The van der Waals surface area contributed by atoms with Crippen molar-refractivity contribution in [1.82, 2.24) is 4.98 Å². The molecule has 1 aromatic heterocycles. The first kappa shape index (κ1) is 13.1. The molecule has 0 saturated carbocycles. The molecular weight excluding hydrogens is 320 g/mol. The monoisotopic (exact) mass is 334 g/mol. The van der Waals surface area contributed by atoms with Gasteiger partial charge in [0.1, 0.15) is 0 Å². The van der Waals surface area contributed by atoms with Gasteiger partial charge < -0.3 is 5.73 Å². The van der Waals surface area contributed by atoms with Gasteiger partial charge in [0.05, 0.1) is 5.69 Å². The third-order valence-corrected chi connectivity index (χ3v) is 3.31. The summed E-state index contributed by atoms with van der Waals surface area (Å²) < 4.78 is 1.95. The lowest BCUT2D eigenvalue weighted by Crippen LogP contribution is -2.13. The quantitative estimate of drug-likeness (QED) is 0.901. The molecular formula is C11H16Br2N2. The van der Waals surface area contributed by atoms with Crippen molar-refractivity contribution in [3.8, 4) is 0 Å². The fourth-order valence-corrected chi connectivity index (χ4v) is 2.63. The maximum Gasteiger partial charge on any atom is 0.0713 e. The van der Waals surface area contributed by atoms with Gasteiger partial charge in [0, 0.05) is 21.2 Å². The van der Waals surface area contributed by atoms with Gasteiger partial charge in [-0.1, -0.05) is 13.8 Å². The molecule has 15 heavy (non-hydrogen) atoms. The summed E-state index contributed by atoms with van der Waals surface area (Å²) in [5.41, 5.74) is 7.03. The number of nitrogens with two attached hydrogens (primary N) is 1. The summed E-state index contributed by atoms with van der Waals surface area (Å²) in [6.07, 6.45) is 3.89. The van der Waals surface area contributed by atoms with Crippen molar-refractivity contribution < 1.29 is 0 Å². The van der Waals surface area contributed by atoms with E-state index in [0.717, 1.165) is 27.5 Å². The van der Waals surface area contributed by atoms with Crippen LogP contribution in [0.4, 0.5) is 0 Å². The van der Waals surface area contributed by atoms with Crippen molar-refractivity contribution in [2.24, 2.45) is 11.7 Å². The second kappa shape index (κ2) is 5.97. The van der Waals surface area contributed by atoms with Crippen LogP contribution in [-0.2, 0) is 0 Å². The summed E-state index contributed by atoms with van der Waals surface area (Å²) in [4.78, 5) is 4.34. The fraction of sp³-hybridized carbons (Fsp3) is 0.545. The lowest BCUT2D eigenvalue weighted by atomic mass is 10.0. The largest absolute Gasteiger partial charge is 0.323 e. The van der Waals surface area contributed by atoms with E-state index in [0.29, 0.717) is 5.92 Å². The summed E-state index contributed by atoms with van der Waals surface area (Å²) in [6.45, 7) is 4.41.